The van der Waals surface area contributed by atoms with Gasteiger partial charge in [-0.2, -0.15) is 0 Å². The molecule has 3 heterocycles. The van der Waals surface area contributed by atoms with Gasteiger partial charge in [0.2, 0.25) is 0 Å². The predicted molar refractivity (Wildman–Crippen MR) is 169 cm³/mol. The van der Waals surface area contributed by atoms with Gasteiger partial charge in [0.15, 0.2) is 0 Å². The third-order valence-corrected chi connectivity index (χ3v) is 9.13. The monoisotopic (exact) mass is 605 g/mol. The number of amides is 1. The summed E-state index contributed by atoms with van der Waals surface area (Å²) in [6.07, 6.45) is 1.34. The normalized spacial score (nSPS) is 15.4. The summed E-state index contributed by atoms with van der Waals surface area (Å²) in [5.41, 5.74) is 8.67. The van der Waals surface area contributed by atoms with Gasteiger partial charge < -0.3 is 26.0 Å². The topological polar surface area (TPSA) is 118 Å². The number of thiophene rings is 1. The third kappa shape index (κ3) is 6.23. The number of hydrogen-bond acceptors (Lipinski definition) is 7. The number of carbonyl (C=O) groups excluding carboxylic acids is 1. The average Bonchev–Trinajstić information content (AvgIpc) is 3.39. The Morgan fingerprint density at radius 1 is 0.976 bits per heavy atom. The minimum absolute atomic E-state index is 0.276. The van der Waals surface area contributed by atoms with Crippen LogP contribution in [0.25, 0.3) is 10.4 Å². The number of nitrogen functional groups attached to an aromatic ring is 1. The first-order valence-corrected chi connectivity index (χ1v) is 15.1. The summed E-state index contributed by atoms with van der Waals surface area (Å²) in [7, 11) is 0. The van der Waals surface area contributed by atoms with Crippen molar-refractivity contribution in [1.29, 1.82) is 0 Å². The van der Waals surface area contributed by atoms with Crippen molar-refractivity contribution >= 4 is 40.2 Å². The fourth-order valence-electron chi connectivity index (χ4n) is 5.28. The zero-order valence-corrected chi connectivity index (χ0v) is 25.8. The molecule has 0 aliphatic carbocycles. The smallest absolute Gasteiger partial charge is 0.255 e. The molecule has 220 valence electrons. The summed E-state index contributed by atoms with van der Waals surface area (Å²) in [5, 5.41) is 24.7. The van der Waals surface area contributed by atoms with E-state index in [1.807, 2.05) is 42.5 Å². The van der Waals surface area contributed by atoms with Crippen LogP contribution >= 0.6 is 22.9 Å². The molecule has 1 aliphatic rings. The molecule has 0 spiro atoms. The second kappa shape index (κ2) is 11.4. The van der Waals surface area contributed by atoms with Crippen LogP contribution in [-0.4, -0.2) is 34.3 Å². The standard InChI is InChI=1S/C33H36ClN3O4S/c1-31(2,39)23-18-27(32(3,4)40)37-28(19-23)33(13-15-41-16-14-33)22-8-5-20(6-9-22)30(38)36-25-17-21(7-10-24(25)35)26-11-12-29(34)42-26/h5-12,17-19,39-40H,13-16,35H2,1-4H3,(H,36,38). The molecular formula is C33H36ClN3O4S. The van der Waals surface area contributed by atoms with E-state index >= 15 is 0 Å². The molecule has 0 saturated carbocycles. The van der Waals surface area contributed by atoms with Crippen molar-refractivity contribution in [2.24, 2.45) is 0 Å². The van der Waals surface area contributed by atoms with E-state index in [1.54, 1.807) is 52.0 Å². The Kier molecular flexibility index (Phi) is 8.22. The second-order valence-electron chi connectivity index (χ2n) is 11.9. The number of hydrogen-bond donors (Lipinski definition) is 4. The van der Waals surface area contributed by atoms with E-state index in [-0.39, 0.29) is 5.91 Å². The Morgan fingerprint density at radius 3 is 2.26 bits per heavy atom. The predicted octanol–water partition coefficient (Wildman–Crippen LogP) is 6.85. The van der Waals surface area contributed by atoms with Gasteiger partial charge in [0, 0.05) is 29.1 Å². The number of rotatable bonds is 7. The molecule has 2 aromatic carbocycles. The average molecular weight is 606 g/mol. The van der Waals surface area contributed by atoms with Crippen molar-refractivity contribution in [3.8, 4) is 10.4 Å². The Bertz CT molecular complexity index is 1560. The fraction of sp³-hybridized carbons (Fsp3) is 0.333. The number of aromatic nitrogens is 1. The Hall–Kier alpha value is -3.27. The maximum atomic E-state index is 13.3. The molecule has 7 nitrogen and oxygen atoms in total. The number of anilines is 2. The van der Waals surface area contributed by atoms with Gasteiger partial charge in [-0.25, -0.2) is 0 Å². The summed E-state index contributed by atoms with van der Waals surface area (Å²) in [6.45, 7) is 7.91. The molecule has 2 aromatic heterocycles. The quantitative estimate of drug-likeness (QED) is 0.171. The molecule has 0 bridgehead atoms. The number of carbonyl (C=O) groups is 1. The lowest BCUT2D eigenvalue weighted by Gasteiger charge is -2.39. The van der Waals surface area contributed by atoms with Crippen molar-refractivity contribution in [2.75, 3.05) is 24.3 Å². The summed E-state index contributed by atoms with van der Waals surface area (Å²) >= 11 is 7.57. The van der Waals surface area contributed by atoms with Crippen LogP contribution in [0, 0.1) is 0 Å². The number of halogens is 1. The van der Waals surface area contributed by atoms with E-state index in [0.717, 1.165) is 21.7 Å². The molecule has 5 rings (SSSR count). The van der Waals surface area contributed by atoms with Crippen LogP contribution in [0.3, 0.4) is 0 Å². The van der Waals surface area contributed by atoms with Crippen molar-refractivity contribution in [3.05, 3.63) is 99.1 Å². The first-order valence-electron chi connectivity index (χ1n) is 13.9. The number of nitrogens with two attached hydrogens (primary N) is 1. The Labute approximate surface area is 255 Å². The van der Waals surface area contributed by atoms with Gasteiger partial charge in [0.05, 0.1) is 32.7 Å². The molecular weight excluding hydrogens is 570 g/mol. The van der Waals surface area contributed by atoms with Crippen LogP contribution in [0.2, 0.25) is 4.34 Å². The molecule has 0 atom stereocenters. The highest BCUT2D eigenvalue weighted by Gasteiger charge is 2.39. The number of nitrogens with zero attached hydrogens (tertiary/aromatic N) is 1. The zero-order chi connectivity index (χ0) is 30.3. The summed E-state index contributed by atoms with van der Waals surface area (Å²) in [6, 6.07) is 20.5. The number of nitrogens with one attached hydrogen (secondary N) is 1. The fourth-order valence-corrected chi connectivity index (χ4v) is 6.32. The van der Waals surface area contributed by atoms with E-state index in [0.29, 0.717) is 58.6 Å². The molecule has 0 radical (unpaired) electrons. The van der Waals surface area contributed by atoms with Gasteiger partial charge >= 0.3 is 0 Å². The molecule has 1 saturated heterocycles. The van der Waals surface area contributed by atoms with Crippen molar-refractivity contribution in [3.63, 3.8) is 0 Å². The molecule has 1 amide bonds. The van der Waals surface area contributed by atoms with E-state index in [2.05, 4.69) is 5.32 Å². The first kappa shape index (κ1) is 30.2. The highest BCUT2D eigenvalue weighted by Crippen LogP contribution is 2.42. The van der Waals surface area contributed by atoms with Crippen molar-refractivity contribution < 1.29 is 19.7 Å². The summed E-state index contributed by atoms with van der Waals surface area (Å²) in [5.74, 6) is -0.276. The Balaban J connectivity index is 1.47. The van der Waals surface area contributed by atoms with E-state index in [9.17, 15) is 15.0 Å². The van der Waals surface area contributed by atoms with Crippen LogP contribution in [0.5, 0.6) is 0 Å². The number of pyridine rings is 1. The van der Waals surface area contributed by atoms with Gasteiger partial charge in [0.1, 0.15) is 5.60 Å². The third-order valence-electron chi connectivity index (χ3n) is 7.85. The van der Waals surface area contributed by atoms with Crippen molar-refractivity contribution in [2.45, 2.75) is 57.2 Å². The van der Waals surface area contributed by atoms with Crippen LogP contribution in [-0.2, 0) is 21.4 Å². The van der Waals surface area contributed by atoms with Crippen molar-refractivity contribution in [1.82, 2.24) is 4.98 Å². The number of benzene rings is 2. The zero-order valence-electron chi connectivity index (χ0n) is 24.2. The SMILES string of the molecule is CC(C)(O)c1cc(C(C)(C)O)nc(C2(c3ccc(C(=O)Nc4cc(-c5ccc(Cl)s5)ccc4N)cc3)CCOCC2)c1. The molecule has 1 fully saturated rings. The summed E-state index contributed by atoms with van der Waals surface area (Å²) < 4.78 is 6.42. The number of ether oxygens (including phenoxy) is 1. The second-order valence-corrected chi connectivity index (χ2v) is 13.6. The van der Waals surface area contributed by atoms with Gasteiger partial charge in [0.25, 0.3) is 5.91 Å². The minimum Gasteiger partial charge on any atom is -0.397 e. The summed E-state index contributed by atoms with van der Waals surface area (Å²) in [4.78, 5) is 19.2. The van der Waals surface area contributed by atoms with E-state index in [1.165, 1.54) is 11.3 Å². The van der Waals surface area contributed by atoms with Gasteiger partial charge in [-0.3, -0.25) is 9.78 Å². The lowest BCUT2D eigenvalue weighted by Crippen LogP contribution is -2.37. The largest absolute Gasteiger partial charge is 0.397 e. The molecule has 9 heteroatoms. The van der Waals surface area contributed by atoms with Crippen LogP contribution < -0.4 is 11.1 Å². The van der Waals surface area contributed by atoms with E-state index in [4.69, 9.17) is 27.1 Å². The molecule has 42 heavy (non-hydrogen) atoms. The van der Waals surface area contributed by atoms with Gasteiger partial charge in [-0.05, 0) is 106 Å². The molecule has 5 N–H and O–H groups in total. The van der Waals surface area contributed by atoms with Crippen LogP contribution in [0.4, 0.5) is 11.4 Å². The maximum Gasteiger partial charge on any atom is 0.255 e. The van der Waals surface area contributed by atoms with Crippen LogP contribution in [0.1, 0.15) is 73.4 Å². The lowest BCUT2D eigenvalue weighted by molar-refractivity contribution is 0.0572. The highest BCUT2D eigenvalue weighted by molar-refractivity contribution is 7.19. The first-order chi connectivity index (χ1) is 19.8. The molecule has 1 aliphatic heterocycles. The minimum atomic E-state index is -1.20. The van der Waals surface area contributed by atoms with Gasteiger partial charge in [-0.1, -0.05) is 29.8 Å². The van der Waals surface area contributed by atoms with E-state index < -0.39 is 16.6 Å². The number of aliphatic hydroxyl groups is 2. The Morgan fingerprint density at radius 2 is 1.67 bits per heavy atom. The lowest BCUT2D eigenvalue weighted by atomic mass is 9.70. The maximum absolute atomic E-state index is 13.3. The molecule has 0 unspecified atom stereocenters. The van der Waals surface area contributed by atoms with Gasteiger partial charge in [-0.15, -0.1) is 11.3 Å². The highest BCUT2D eigenvalue weighted by atomic mass is 35.5. The van der Waals surface area contributed by atoms with Crippen LogP contribution in [0.15, 0.2) is 66.7 Å². The molecule has 4 aromatic rings.